The molecule has 230 valence electrons. The van der Waals surface area contributed by atoms with Gasteiger partial charge < -0.3 is 32.2 Å². The smallest absolute Gasteiger partial charge is 0.318 e. The quantitative estimate of drug-likeness (QED) is 0.327. The van der Waals surface area contributed by atoms with Crippen LogP contribution >= 0.6 is 11.6 Å². The van der Waals surface area contributed by atoms with Crippen molar-refractivity contribution in [3.8, 4) is 12.1 Å². The minimum absolute atomic E-state index is 0. The van der Waals surface area contributed by atoms with Crippen LogP contribution in [0, 0.1) is 18.8 Å². The van der Waals surface area contributed by atoms with Crippen LogP contribution in [0.15, 0.2) is 36.4 Å². The molecule has 0 atom stereocenters. The normalized spacial score (nSPS) is 15.5. The number of aromatic nitrogens is 2. The van der Waals surface area contributed by atoms with Crippen LogP contribution in [0.4, 0.5) is 11.5 Å². The molecule has 2 saturated heterocycles. The third-order valence-electron chi connectivity index (χ3n) is 7.12. The predicted molar refractivity (Wildman–Crippen MR) is 173 cm³/mol. The molecule has 2 aromatic carbocycles. The first-order valence-electron chi connectivity index (χ1n) is 14.4. The number of fused-ring (bicyclic) bond motifs is 2. The molecule has 10 heteroatoms. The van der Waals surface area contributed by atoms with Gasteiger partial charge in [-0.25, -0.2) is 0 Å². The fourth-order valence-corrected chi connectivity index (χ4v) is 5.52. The summed E-state index contributed by atoms with van der Waals surface area (Å²) in [5.74, 6) is 1.03. The molecule has 0 amide bonds. The summed E-state index contributed by atoms with van der Waals surface area (Å²) in [4.78, 5) is 16.5. The Kier molecular flexibility index (Phi) is 17.6. The summed E-state index contributed by atoms with van der Waals surface area (Å²) in [6.07, 6.45) is 3.73. The second-order valence-corrected chi connectivity index (χ2v) is 10.1. The van der Waals surface area contributed by atoms with E-state index >= 15 is 0 Å². The van der Waals surface area contributed by atoms with E-state index in [1.165, 1.54) is 38.4 Å². The Morgan fingerprint density at radius 3 is 2.14 bits per heavy atom. The van der Waals surface area contributed by atoms with Crippen LogP contribution in [-0.4, -0.2) is 74.8 Å². The van der Waals surface area contributed by atoms with Crippen LogP contribution in [0.5, 0.6) is 6.01 Å². The first-order valence-corrected chi connectivity index (χ1v) is 14.7. The molecular weight excluding hydrogens is 718 g/mol. The summed E-state index contributed by atoms with van der Waals surface area (Å²) >= 11 is 6.57. The molecule has 0 saturated carbocycles. The molecule has 0 radical (unpaired) electrons. The summed E-state index contributed by atoms with van der Waals surface area (Å²) in [5.41, 5.74) is 3.44. The SMILES string of the molecule is CC.CC#N.CN1CCCC1.COc1nc2c(c(N3CCNCC3)n1)CCN(c1cccc3cccc(Cl)c13)C2.[CH3-].[W]. The number of nitrogens with one attached hydrogen (secondary N) is 1. The van der Waals surface area contributed by atoms with E-state index in [-0.39, 0.29) is 28.5 Å². The molecule has 42 heavy (non-hydrogen) atoms. The third kappa shape index (κ3) is 9.81. The van der Waals surface area contributed by atoms with Gasteiger partial charge in [0.2, 0.25) is 0 Å². The number of piperazine rings is 1. The first kappa shape index (κ1) is 37.6. The average molecular weight is 765 g/mol. The van der Waals surface area contributed by atoms with E-state index in [2.05, 4.69) is 51.3 Å². The molecule has 0 spiro atoms. The summed E-state index contributed by atoms with van der Waals surface area (Å²) in [5, 5.41) is 13.8. The predicted octanol–water partition coefficient (Wildman–Crippen LogP) is 5.98. The second kappa shape index (κ2) is 19.7. The van der Waals surface area contributed by atoms with Crippen LogP contribution in [0.2, 0.25) is 5.02 Å². The van der Waals surface area contributed by atoms with Crippen molar-refractivity contribution in [2.75, 3.05) is 69.8 Å². The van der Waals surface area contributed by atoms with E-state index in [0.29, 0.717) is 6.01 Å². The minimum Gasteiger partial charge on any atom is -0.467 e. The molecule has 1 aromatic heterocycles. The van der Waals surface area contributed by atoms with Gasteiger partial charge >= 0.3 is 6.01 Å². The summed E-state index contributed by atoms with van der Waals surface area (Å²) in [6, 6.07) is 14.6. The molecular formula is C32H47ClN7OW-. The number of benzene rings is 2. The van der Waals surface area contributed by atoms with E-state index in [1.54, 1.807) is 13.2 Å². The molecule has 1 N–H and O–H groups in total. The monoisotopic (exact) mass is 764 g/mol. The van der Waals surface area contributed by atoms with Gasteiger partial charge in [0.15, 0.2) is 0 Å². The molecule has 0 unspecified atom stereocenters. The van der Waals surface area contributed by atoms with Crippen molar-refractivity contribution in [2.24, 2.45) is 0 Å². The molecule has 3 aromatic rings. The zero-order chi connectivity index (χ0) is 28.9. The molecule has 3 aliphatic heterocycles. The number of hydrogen-bond donors (Lipinski definition) is 1. The van der Waals surface area contributed by atoms with Gasteiger partial charge in [0, 0.05) is 77.3 Å². The Bertz CT molecular complexity index is 1250. The number of rotatable bonds is 3. The number of halogens is 1. The van der Waals surface area contributed by atoms with Gasteiger partial charge in [-0.05, 0) is 56.9 Å². The molecule has 0 aliphatic carbocycles. The first-order chi connectivity index (χ1) is 19.5. The van der Waals surface area contributed by atoms with Gasteiger partial charge in [-0.2, -0.15) is 15.2 Å². The van der Waals surface area contributed by atoms with Gasteiger partial charge in [-0.15, -0.1) is 0 Å². The maximum Gasteiger partial charge on any atom is 0.318 e. The number of nitriles is 1. The standard InChI is InChI=1S/C22H24ClN5O.C5H11N.C2H3N.C2H6.CH3.W/c1-29-22-25-18-14-28(19-7-3-5-15-4-2-6-17(23)20(15)19)11-8-16(18)21(26-22)27-12-9-24-10-13-27;1-6-4-2-3-5-6;1-2-3;1-2;;/h2-7,24H,8-14H2,1H3;2-5H2,1H3;1H3;1-2H3;1H3;/q;;;;-1;. The minimum atomic E-state index is 0. The van der Waals surface area contributed by atoms with Crippen molar-refractivity contribution in [1.29, 1.82) is 5.26 Å². The van der Waals surface area contributed by atoms with Crippen molar-refractivity contribution < 1.29 is 25.8 Å². The number of hydrogen-bond acceptors (Lipinski definition) is 8. The fraction of sp³-hybridized carbons (Fsp3) is 0.500. The van der Waals surface area contributed by atoms with Crippen molar-refractivity contribution >= 4 is 33.9 Å². The number of ether oxygens (including phenoxy) is 1. The van der Waals surface area contributed by atoms with Gasteiger partial charge in [0.1, 0.15) is 5.82 Å². The van der Waals surface area contributed by atoms with Crippen LogP contribution in [0.25, 0.3) is 10.8 Å². The van der Waals surface area contributed by atoms with Crippen molar-refractivity contribution in [2.45, 2.75) is 46.6 Å². The average Bonchev–Trinajstić information content (AvgIpc) is 3.49. The Labute approximate surface area is 272 Å². The Morgan fingerprint density at radius 2 is 1.57 bits per heavy atom. The third-order valence-corrected chi connectivity index (χ3v) is 7.44. The van der Waals surface area contributed by atoms with Crippen LogP contribution in [0.3, 0.4) is 0 Å². The molecule has 4 heterocycles. The second-order valence-electron chi connectivity index (χ2n) is 9.72. The maximum absolute atomic E-state index is 7.32. The number of likely N-dealkylation sites (tertiary alicyclic amines) is 1. The van der Waals surface area contributed by atoms with Gasteiger partial charge in [0.05, 0.1) is 30.4 Å². The molecule has 2 fully saturated rings. The fourth-order valence-electron chi connectivity index (χ4n) is 5.24. The molecule has 0 bridgehead atoms. The van der Waals surface area contributed by atoms with Crippen molar-refractivity contribution in [1.82, 2.24) is 20.2 Å². The van der Waals surface area contributed by atoms with E-state index in [9.17, 15) is 0 Å². The summed E-state index contributed by atoms with van der Waals surface area (Å²) in [6.45, 7) is 13.6. The van der Waals surface area contributed by atoms with Gasteiger partial charge in [0.25, 0.3) is 0 Å². The van der Waals surface area contributed by atoms with E-state index in [4.69, 9.17) is 31.6 Å². The Balaban J connectivity index is 0.000000584. The maximum atomic E-state index is 7.32. The van der Waals surface area contributed by atoms with E-state index < -0.39 is 0 Å². The van der Waals surface area contributed by atoms with Crippen LogP contribution in [-0.2, 0) is 34.0 Å². The Morgan fingerprint density at radius 1 is 0.952 bits per heavy atom. The van der Waals surface area contributed by atoms with Crippen molar-refractivity contribution in [3.63, 3.8) is 0 Å². The van der Waals surface area contributed by atoms with Gasteiger partial charge in [-0.1, -0.05) is 49.7 Å². The molecule has 6 rings (SSSR count). The van der Waals surface area contributed by atoms with Gasteiger partial charge in [-0.3, -0.25) is 0 Å². The summed E-state index contributed by atoms with van der Waals surface area (Å²) in [7, 11) is 3.81. The van der Waals surface area contributed by atoms with Crippen LogP contribution < -0.4 is 19.9 Å². The zero-order valence-corrected chi connectivity index (χ0v) is 29.8. The summed E-state index contributed by atoms with van der Waals surface area (Å²) < 4.78 is 5.44. The number of methoxy groups -OCH3 is 1. The number of nitrogens with zero attached hydrogens (tertiary/aromatic N) is 6. The van der Waals surface area contributed by atoms with Crippen LogP contribution in [0.1, 0.15) is 44.9 Å². The molecule has 3 aliphatic rings. The zero-order valence-electron chi connectivity index (χ0n) is 26.1. The Hall–Kier alpha value is -2.43. The largest absolute Gasteiger partial charge is 0.467 e. The van der Waals surface area contributed by atoms with E-state index in [1.807, 2.05) is 26.0 Å². The van der Waals surface area contributed by atoms with E-state index in [0.717, 1.165) is 78.7 Å². The number of anilines is 2. The molecule has 8 nitrogen and oxygen atoms in total. The topological polar surface area (TPSA) is 80.5 Å². The van der Waals surface area contributed by atoms with Crippen molar-refractivity contribution in [3.05, 3.63) is 60.1 Å².